The van der Waals surface area contributed by atoms with Gasteiger partial charge < -0.3 is 5.11 Å². The average molecular weight is 286 g/mol. The fourth-order valence-electron chi connectivity index (χ4n) is 2.35. The summed E-state index contributed by atoms with van der Waals surface area (Å²) in [6.45, 7) is 2.63. The summed E-state index contributed by atoms with van der Waals surface area (Å²) in [5, 5.41) is 21.6. The molecule has 0 aliphatic carbocycles. The van der Waals surface area contributed by atoms with E-state index in [9.17, 15) is 9.50 Å². The van der Waals surface area contributed by atoms with Crippen LogP contribution in [-0.4, -0.2) is 25.1 Å². The van der Waals surface area contributed by atoms with E-state index in [1.54, 1.807) is 35.3 Å². The van der Waals surface area contributed by atoms with E-state index in [1.165, 1.54) is 12.1 Å². The number of aromatic amines is 1. The second-order valence-electron chi connectivity index (χ2n) is 4.68. The van der Waals surface area contributed by atoms with Crippen LogP contribution in [0.4, 0.5) is 4.39 Å². The van der Waals surface area contributed by atoms with Gasteiger partial charge in [0.1, 0.15) is 11.9 Å². The molecule has 0 fully saturated rings. The summed E-state index contributed by atoms with van der Waals surface area (Å²) in [5.41, 5.74) is 2.77. The lowest BCUT2D eigenvalue weighted by atomic mass is 10.0. The molecule has 0 aliphatic rings. The zero-order chi connectivity index (χ0) is 14.8. The van der Waals surface area contributed by atoms with Crippen molar-refractivity contribution in [3.8, 4) is 11.3 Å². The Hall–Kier alpha value is -2.47. The number of benzene rings is 1. The summed E-state index contributed by atoms with van der Waals surface area (Å²) in [7, 11) is 0. The van der Waals surface area contributed by atoms with Crippen molar-refractivity contribution >= 4 is 0 Å². The highest BCUT2D eigenvalue weighted by Crippen LogP contribution is 2.30. The normalized spacial score (nSPS) is 12.5. The number of halogens is 1. The van der Waals surface area contributed by atoms with Crippen LogP contribution >= 0.6 is 0 Å². The lowest BCUT2D eigenvalue weighted by molar-refractivity contribution is 0.208. The molecule has 2 N–H and O–H groups in total. The lowest BCUT2D eigenvalue weighted by Crippen LogP contribution is -2.09. The summed E-state index contributed by atoms with van der Waals surface area (Å²) >= 11 is 0. The third-order valence-corrected chi connectivity index (χ3v) is 3.43. The maximum atomic E-state index is 13.0. The average Bonchev–Trinajstić information content (AvgIpc) is 3.16. The Labute approximate surface area is 121 Å². The van der Waals surface area contributed by atoms with Crippen molar-refractivity contribution in [1.29, 1.82) is 0 Å². The Bertz CT molecular complexity index is 732. The molecular formula is C15H15FN4O. The van der Waals surface area contributed by atoms with Crippen molar-refractivity contribution in [2.24, 2.45) is 0 Å². The van der Waals surface area contributed by atoms with Gasteiger partial charge >= 0.3 is 0 Å². The molecule has 0 radical (unpaired) electrons. The molecule has 3 aromatic rings. The van der Waals surface area contributed by atoms with Gasteiger partial charge in [-0.1, -0.05) is 0 Å². The molecule has 0 bridgehead atoms. The first-order valence-corrected chi connectivity index (χ1v) is 6.69. The van der Waals surface area contributed by atoms with E-state index < -0.39 is 6.10 Å². The van der Waals surface area contributed by atoms with Gasteiger partial charge in [0.15, 0.2) is 0 Å². The van der Waals surface area contributed by atoms with Crippen LogP contribution in [-0.2, 0) is 6.54 Å². The smallest absolute Gasteiger partial charge is 0.124 e. The Kier molecular flexibility index (Phi) is 3.53. The Morgan fingerprint density at radius 1 is 1.29 bits per heavy atom. The molecule has 2 heterocycles. The fraction of sp³-hybridized carbons (Fsp3) is 0.200. The molecule has 108 valence electrons. The number of hydrogen-bond acceptors (Lipinski definition) is 3. The number of H-pyrrole nitrogens is 1. The minimum Gasteiger partial charge on any atom is -0.382 e. The van der Waals surface area contributed by atoms with Crippen LogP contribution in [0.1, 0.15) is 24.3 Å². The van der Waals surface area contributed by atoms with Crippen LogP contribution < -0.4 is 0 Å². The Balaban J connectivity index is 2.01. The molecule has 2 aromatic heterocycles. The van der Waals surface area contributed by atoms with Crippen LogP contribution in [0.25, 0.3) is 11.3 Å². The van der Waals surface area contributed by atoms with Crippen LogP contribution in [0.3, 0.4) is 0 Å². The molecule has 3 rings (SSSR count). The Morgan fingerprint density at radius 2 is 2.05 bits per heavy atom. The molecule has 1 unspecified atom stereocenters. The SMILES string of the molecule is CCn1nccc1C(O)c1cn[nH]c1-c1ccc(F)cc1. The molecule has 0 spiro atoms. The molecule has 0 amide bonds. The topological polar surface area (TPSA) is 66.7 Å². The van der Waals surface area contributed by atoms with Crippen LogP contribution in [0.5, 0.6) is 0 Å². The fourth-order valence-corrected chi connectivity index (χ4v) is 2.35. The standard InChI is InChI=1S/C15H15FN4O/c1-2-20-13(7-8-18-20)15(21)12-9-17-19-14(12)10-3-5-11(16)6-4-10/h3-9,15,21H,2H2,1H3,(H,17,19). The van der Waals surface area contributed by atoms with E-state index in [0.717, 1.165) is 5.56 Å². The number of aliphatic hydroxyl groups is 1. The number of hydrogen-bond donors (Lipinski definition) is 2. The van der Waals surface area contributed by atoms with Crippen molar-refractivity contribution in [3.05, 3.63) is 59.8 Å². The third kappa shape index (κ3) is 2.45. The van der Waals surface area contributed by atoms with Gasteiger partial charge in [-0.2, -0.15) is 10.2 Å². The highest BCUT2D eigenvalue weighted by Gasteiger charge is 2.20. The van der Waals surface area contributed by atoms with Crippen molar-refractivity contribution < 1.29 is 9.50 Å². The van der Waals surface area contributed by atoms with Gasteiger partial charge in [0, 0.05) is 23.9 Å². The summed E-state index contributed by atoms with van der Waals surface area (Å²) in [4.78, 5) is 0. The number of aryl methyl sites for hydroxylation is 1. The predicted octanol–water partition coefficient (Wildman–Crippen LogP) is 2.51. The molecule has 1 atom stereocenters. The highest BCUT2D eigenvalue weighted by atomic mass is 19.1. The minimum absolute atomic E-state index is 0.301. The Morgan fingerprint density at radius 3 is 2.76 bits per heavy atom. The molecule has 6 heteroatoms. The first-order chi connectivity index (χ1) is 10.2. The number of aromatic nitrogens is 4. The van der Waals surface area contributed by atoms with Crippen LogP contribution in [0, 0.1) is 5.82 Å². The van der Waals surface area contributed by atoms with Crippen molar-refractivity contribution in [2.45, 2.75) is 19.6 Å². The van der Waals surface area contributed by atoms with Gasteiger partial charge in [0.05, 0.1) is 17.6 Å². The zero-order valence-electron chi connectivity index (χ0n) is 11.5. The highest BCUT2D eigenvalue weighted by molar-refractivity contribution is 5.63. The van der Waals surface area contributed by atoms with E-state index in [0.29, 0.717) is 23.5 Å². The molecule has 0 aliphatic heterocycles. The van der Waals surface area contributed by atoms with Crippen molar-refractivity contribution in [2.75, 3.05) is 0 Å². The van der Waals surface area contributed by atoms with Gasteiger partial charge in [-0.3, -0.25) is 9.78 Å². The monoisotopic (exact) mass is 286 g/mol. The number of nitrogens with one attached hydrogen (secondary N) is 1. The second-order valence-corrected chi connectivity index (χ2v) is 4.68. The first-order valence-electron chi connectivity index (χ1n) is 6.69. The van der Waals surface area contributed by atoms with E-state index in [1.807, 2.05) is 6.92 Å². The summed E-state index contributed by atoms with van der Waals surface area (Å²) in [5.74, 6) is -0.301. The molecule has 5 nitrogen and oxygen atoms in total. The van der Waals surface area contributed by atoms with Gasteiger partial charge in [0.2, 0.25) is 0 Å². The summed E-state index contributed by atoms with van der Waals surface area (Å²) in [6, 6.07) is 7.83. The van der Waals surface area contributed by atoms with Gasteiger partial charge in [-0.15, -0.1) is 0 Å². The minimum atomic E-state index is -0.841. The lowest BCUT2D eigenvalue weighted by Gasteiger charge is -2.13. The van der Waals surface area contributed by atoms with Crippen molar-refractivity contribution in [3.63, 3.8) is 0 Å². The van der Waals surface area contributed by atoms with Gasteiger partial charge in [-0.05, 0) is 37.3 Å². The molecular weight excluding hydrogens is 271 g/mol. The van der Waals surface area contributed by atoms with Gasteiger partial charge in [0.25, 0.3) is 0 Å². The number of nitrogens with zero attached hydrogens (tertiary/aromatic N) is 3. The molecule has 0 saturated heterocycles. The summed E-state index contributed by atoms with van der Waals surface area (Å²) < 4.78 is 14.8. The van der Waals surface area contributed by atoms with Crippen molar-refractivity contribution in [1.82, 2.24) is 20.0 Å². The first kappa shape index (κ1) is 13.5. The van der Waals surface area contributed by atoms with E-state index >= 15 is 0 Å². The third-order valence-electron chi connectivity index (χ3n) is 3.43. The van der Waals surface area contributed by atoms with Crippen LogP contribution in [0.2, 0.25) is 0 Å². The maximum Gasteiger partial charge on any atom is 0.124 e. The number of aliphatic hydroxyl groups excluding tert-OH is 1. The largest absolute Gasteiger partial charge is 0.382 e. The predicted molar refractivity (Wildman–Crippen MR) is 75.9 cm³/mol. The zero-order valence-corrected chi connectivity index (χ0v) is 11.5. The van der Waals surface area contributed by atoms with Crippen LogP contribution in [0.15, 0.2) is 42.7 Å². The van der Waals surface area contributed by atoms with E-state index in [-0.39, 0.29) is 5.82 Å². The maximum absolute atomic E-state index is 13.0. The summed E-state index contributed by atoms with van der Waals surface area (Å²) in [6.07, 6.45) is 2.39. The quantitative estimate of drug-likeness (QED) is 0.774. The second kappa shape index (κ2) is 5.49. The molecule has 0 saturated carbocycles. The molecule has 1 aromatic carbocycles. The van der Waals surface area contributed by atoms with E-state index in [2.05, 4.69) is 15.3 Å². The molecule has 21 heavy (non-hydrogen) atoms. The van der Waals surface area contributed by atoms with E-state index in [4.69, 9.17) is 0 Å². The number of rotatable bonds is 4. The van der Waals surface area contributed by atoms with Gasteiger partial charge in [-0.25, -0.2) is 4.39 Å².